The second-order valence-electron chi connectivity index (χ2n) is 4.61. The molecule has 0 fully saturated rings. The molecule has 9 heteroatoms. The predicted octanol–water partition coefficient (Wildman–Crippen LogP) is 3.54. The van der Waals surface area contributed by atoms with E-state index in [1.807, 2.05) is 6.92 Å². The number of thioether (sulfide) groups is 1. The van der Waals surface area contributed by atoms with Gasteiger partial charge in [-0.1, -0.05) is 41.9 Å². The summed E-state index contributed by atoms with van der Waals surface area (Å²) in [6.07, 6.45) is -0.755. The van der Waals surface area contributed by atoms with Gasteiger partial charge in [-0.25, -0.2) is 4.68 Å². The minimum Gasteiger partial charge on any atom is -0.479 e. The molecule has 0 bridgehead atoms. The number of halogens is 2. The number of benzene rings is 1. The summed E-state index contributed by atoms with van der Waals surface area (Å²) in [5.74, 6) is 1.46. The van der Waals surface area contributed by atoms with E-state index in [0.717, 1.165) is 5.75 Å². The first-order valence-electron chi connectivity index (χ1n) is 6.89. The first-order chi connectivity index (χ1) is 10.9. The molecule has 0 radical (unpaired) electrons. The van der Waals surface area contributed by atoms with Gasteiger partial charge in [-0.2, -0.15) is 0 Å². The van der Waals surface area contributed by atoms with Gasteiger partial charge in [0.15, 0.2) is 6.10 Å². The van der Waals surface area contributed by atoms with Crippen molar-refractivity contribution in [1.29, 1.82) is 0 Å². The van der Waals surface area contributed by atoms with Crippen molar-refractivity contribution in [3.8, 4) is 5.75 Å². The van der Waals surface area contributed by atoms with Crippen molar-refractivity contribution in [3.63, 3.8) is 0 Å². The molecule has 1 amide bonds. The Bertz CT molecular complexity index is 708. The van der Waals surface area contributed by atoms with Crippen molar-refractivity contribution in [2.24, 2.45) is 0 Å². The van der Waals surface area contributed by atoms with Gasteiger partial charge < -0.3 is 4.74 Å². The summed E-state index contributed by atoms with van der Waals surface area (Å²) in [4.78, 5) is 12.3. The lowest BCUT2D eigenvalue weighted by molar-refractivity contribution is -0.123. The predicted molar refractivity (Wildman–Crippen MR) is 92.1 cm³/mol. The molecule has 1 aromatic carbocycles. The van der Waals surface area contributed by atoms with Crippen LogP contribution in [0.2, 0.25) is 10.0 Å². The molecule has 1 atom stereocenters. The Morgan fingerprint density at radius 1 is 1.43 bits per heavy atom. The molecule has 2 rings (SSSR count). The minimum absolute atomic E-state index is 0.336. The van der Waals surface area contributed by atoms with Crippen molar-refractivity contribution in [2.45, 2.75) is 32.0 Å². The summed E-state index contributed by atoms with van der Waals surface area (Å²) >= 11 is 13.4. The number of nitrogens with zero attached hydrogens (tertiary/aromatic N) is 3. The minimum atomic E-state index is -0.755. The maximum absolute atomic E-state index is 12.3. The molecule has 0 aliphatic carbocycles. The van der Waals surface area contributed by atoms with Crippen LogP contribution in [0.3, 0.4) is 0 Å². The van der Waals surface area contributed by atoms with Gasteiger partial charge in [-0.05, 0) is 37.8 Å². The average molecular weight is 375 g/mol. The molecule has 0 saturated heterocycles. The molecule has 0 saturated carbocycles. The van der Waals surface area contributed by atoms with Crippen molar-refractivity contribution in [1.82, 2.24) is 14.9 Å². The molecule has 0 aliphatic heterocycles. The van der Waals surface area contributed by atoms with E-state index in [1.165, 1.54) is 11.8 Å². The number of amides is 1. The molecular formula is C14H16Cl2N4O2S. The molecule has 1 unspecified atom stereocenters. The Balaban J connectivity index is 2.07. The third-order valence-corrected chi connectivity index (χ3v) is 4.20. The molecule has 1 N–H and O–H groups in total. The maximum Gasteiger partial charge on any atom is 0.279 e. The Hall–Kier alpha value is -1.44. The topological polar surface area (TPSA) is 69.0 Å². The van der Waals surface area contributed by atoms with Crippen LogP contribution < -0.4 is 10.2 Å². The average Bonchev–Trinajstić information content (AvgIpc) is 2.83. The van der Waals surface area contributed by atoms with Crippen LogP contribution in [0.4, 0.5) is 0 Å². The van der Waals surface area contributed by atoms with Crippen LogP contribution in [-0.2, 0) is 4.79 Å². The van der Waals surface area contributed by atoms with Gasteiger partial charge >= 0.3 is 0 Å². The van der Waals surface area contributed by atoms with Crippen molar-refractivity contribution in [2.75, 3.05) is 11.2 Å². The van der Waals surface area contributed by atoms with E-state index in [1.54, 1.807) is 36.7 Å². The fourth-order valence-electron chi connectivity index (χ4n) is 1.71. The fraction of sp³-hybridized carbons (Fsp3) is 0.357. The summed E-state index contributed by atoms with van der Waals surface area (Å²) < 4.78 is 7.13. The highest BCUT2D eigenvalue weighted by Crippen LogP contribution is 2.28. The highest BCUT2D eigenvalue weighted by Gasteiger charge is 2.19. The number of carbonyl (C=O) groups excluding carboxylic acids is 1. The summed E-state index contributed by atoms with van der Waals surface area (Å²) in [7, 11) is 0. The Kier molecular flexibility index (Phi) is 6.15. The number of rotatable bonds is 6. The maximum atomic E-state index is 12.3. The molecule has 1 aromatic heterocycles. The van der Waals surface area contributed by atoms with Crippen molar-refractivity contribution >= 4 is 40.9 Å². The first kappa shape index (κ1) is 17.9. The van der Waals surface area contributed by atoms with Crippen LogP contribution >= 0.6 is 35.0 Å². The van der Waals surface area contributed by atoms with Gasteiger partial charge in [0, 0.05) is 5.02 Å². The molecule has 0 aliphatic rings. The van der Waals surface area contributed by atoms with Gasteiger partial charge in [0.25, 0.3) is 5.91 Å². The van der Waals surface area contributed by atoms with E-state index >= 15 is 0 Å². The van der Waals surface area contributed by atoms with Crippen LogP contribution in [0.5, 0.6) is 5.75 Å². The molecule has 0 spiro atoms. The summed E-state index contributed by atoms with van der Waals surface area (Å²) in [6, 6.07) is 4.83. The molecule has 6 nitrogen and oxygen atoms in total. The van der Waals surface area contributed by atoms with E-state index in [0.29, 0.717) is 26.8 Å². The third kappa shape index (κ3) is 4.53. The lowest BCUT2D eigenvalue weighted by Crippen LogP contribution is -2.36. The van der Waals surface area contributed by atoms with Crippen LogP contribution in [0.15, 0.2) is 23.4 Å². The molecule has 124 valence electrons. The number of nitrogens with one attached hydrogen (secondary N) is 1. The summed E-state index contributed by atoms with van der Waals surface area (Å²) in [5, 5.41) is 9.43. The molecule has 23 heavy (non-hydrogen) atoms. The van der Waals surface area contributed by atoms with Crippen LogP contribution in [-0.4, -0.2) is 32.6 Å². The second-order valence-corrected chi connectivity index (χ2v) is 6.68. The lowest BCUT2D eigenvalue weighted by atomic mass is 10.3. The van der Waals surface area contributed by atoms with E-state index in [4.69, 9.17) is 27.9 Å². The highest BCUT2D eigenvalue weighted by molar-refractivity contribution is 7.99. The summed E-state index contributed by atoms with van der Waals surface area (Å²) in [5.41, 5.74) is 2.73. The zero-order valence-corrected chi connectivity index (χ0v) is 15.2. The Morgan fingerprint density at radius 2 is 2.17 bits per heavy atom. The van der Waals surface area contributed by atoms with Gasteiger partial charge in [0.2, 0.25) is 5.16 Å². The van der Waals surface area contributed by atoms with Crippen LogP contribution in [0.1, 0.15) is 19.7 Å². The number of carbonyl (C=O) groups is 1. The standard InChI is InChI=1S/C14H16Cl2N4O2S/c1-4-23-14-18-17-9(3)20(14)19-13(21)8(2)22-12-6-5-10(15)7-11(12)16/h5-8H,4H2,1-3H3,(H,19,21). The largest absolute Gasteiger partial charge is 0.479 e. The van der Waals surface area contributed by atoms with Gasteiger partial charge in [0.05, 0.1) is 5.02 Å². The Morgan fingerprint density at radius 3 is 2.83 bits per heavy atom. The molecule has 2 aromatic rings. The number of aryl methyl sites for hydroxylation is 1. The number of aromatic nitrogens is 3. The van der Waals surface area contributed by atoms with E-state index in [2.05, 4.69) is 15.6 Å². The monoisotopic (exact) mass is 374 g/mol. The smallest absolute Gasteiger partial charge is 0.279 e. The van der Waals surface area contributed by atoms with Crippen molar-refractivity contribution in [3.05, 3.63) is 34.1 Å². The number of ether oxygens (including phenoxy) is 1. The third-order valence-electron chi connectivity index (χ3n) is 2.86. The quantitative estimate of drug-likeness (QED) is 0.782. The second kappa shape index (κ2) is 7.90. The molecule has 1 heterocycles. The van der Waals surface area contributed by atoms with Gasteiger partial charge in [0.1, 0.15) is 11.6 Å². The SMILES string of the molecule is CCSc1nnc(C)n1NC(=O)C(C)Oc1ccc(Cl)cc1Cl. The lowest BCUT2D eigenvalue weighted by Gasteiger charge is -2.17. The van der Waals surface area contributed by atoms with E-state index in [9.17, 15) is 4.79 Å². The van der Waals surface area contributed by atoms with Gasteiger partial charge in [-0.3, -0.25) is 10.2 Å². The number of hydrogen-bond acceptors (Lipinski definition) is 5. The fourth-order valence-corrected chi connectivity index (χ4v) is 2.83. The van der Waals surface area contributed by atoms with Crippen molar-refractivity contribution < 1.29 is 9.53 Å². The van der Waals surface area contributed by atoms with E-state index in [-0.39, 0.29) is 5.91 Å². The Labute approximate surface area is 148 Å². The summed E-state index contributed by atoms with van der Waals surface area (Å²) in [6.45, 7) is 5.39. The first-order valence-corrected chi connectivity index (χ1v) is 8.64. The normalized spacial score (nSPS) is 12.0. The molecular weight excluding hydrogens is 359 g/mol. The number of hydrogen-bond donors (Lipinski definition) is 1. The zero-order valence-electron chi connectivity index (χ0n) is 12.8. The van der Waals surface area contributed by atoms with Crippen LogP contribution in [0.25, 0.3) is 0 Å². The highest BCUT2D eigenvalue weighted by atomic mass is 35.5. The van der Waals surface area contributed by atoms with Gasteiger partial charge in [-0.15, -0.1) is 10.2 Å². The van der Waals surface area contributed by atoms with E-state index < -0.39 is 6.10 Å². The van der Waals surface area contributed by atoms with Crippen LogP contribution in [0, 0.1) is 6.92 Å². The zero-order chi connectivity index (χ0) is 17.0.